The van der Waals surface area contributed by atoms with Crippen LogP contribution in [0.1, 0.15) is 194 Å². The van der Waals surface area contributed by atoms with E-state index in [1.807, 2.05) is 0 Å². The van der Waals surface area contributed by atoms with Crippen molar-refractivity contribution in [3.8, 4) is 0 Å². The van der Waals surface area contributed by atoms with Gasteiger partial charge in [0.05, 0.1) is 15.9 Å². The molecule has 0 spiro atoms. The van der Waals surface area contributed by atoms with Gasteiger partial charge in [-0.2, -0.15) is 8.42 Å². The third-order valence-electron chi connectivity index (χ3n) is 8.24. The van der Waals surface area contributed by atoms with E-state index in [0.29, 0.717) is 45.2 Å². The van der Waals surface area contributed by atoms with Crippen molar-refractivity contribution >= 4 is 69.8 Å². The summed E-state index contributed by atoms with van der Waals surface area (Å²) in [4.78, 5) is 15.5. The number of hydrogen-bond acceptors (Lipinski definition) is 8. The number of carbonyl (C=O) groups is 1. The number of hydrogen-bond donors (Lipinski definition) is 2. The minimum absolute atomic E-state index is 0. The van der Waals surface area contributed by atoms with Gasteiger partial charge in [-0.3, -0.25) is 9.35 Å². The molecule has 0 unspecified atom stereocenters. The second-order valence-corrected chi connectivity index (χ2v) is 16.3. The molecule has 0 saturated heterocycles. The van der Waals surface area contributed by atoms with Crippen LogP contribution in [0.4, 0.5) is 0 Å². The number of nitrogens with zero attached hydrogens (tertiary/aromatic N) is 1. The largest absolute Gasteiger partial charge is 2.00 e. The van der Waals surface area contributed by atoms with E-state index < -0.39 is 20.2 Å². The Morgan fingerprint density at radius 2 is 0.959 bits per heavy atom. The van der Waals surface area contributed by atoms with Crippen molar-refractivity contribution < 1.29 is 35.8 Å². The van der Waals surface area contributed by atoms with Gasteiger partial charge in [-0.05, 0) is 50.8 Å². The summed E-state index contributed by atoms with van der Waals surface area (Å²) in [6.45, 7) is 5.28. The molecule has 0 aromatic carbocycles. The first-order chi connectivity index (χ1) is 22.9. The molecule has 10 nitrogen and oxygen atoms in total. The Kier molecular flexibility index (Phi) is 42.7. The molecule has 0 aromatic heterocycles. The van der Waals surface area contributed by atoms with Crippen LogP contribution in [0.3, 0.4) is 0 Å². The summed E-state index contributed by atoms with van der Waals surface area (Å²) >= 11 is 0. The molecule has 0 aliphatic rings. The predicted octanol–water partition coefficient (Wildman–Crippen LogP) is 7.86. The first-order valence-corrected chi connectivity index (χ1v) is 22.5. The Morgan fingerprint density at radius 3 is 1.37 bits per heavy atom. The molecular weight excluding hydrogens is 693 g/mol. The molecule has 49 heavy (non-hydrogen) atoms. The molecule has 2 N–H and O–H groups in total. The van der Waals surface area contributed by atoms with Crippen LogP contribution in [-0.4, -0.2) is 100 Å². The third-order valence-corrected chi connectivity index (χ3v) is 9.84. The summed E-state index contributed by atoms with van der Waals surface area (Å²) in [7, 11) is -8.01. The van der Waals surface area contributed by atoms with Crippen molar-refractivity contribution in [2.45, 2.75) is 194 Å². The van der Waals surface area contributed by atoms with Crippen LogP contribution in [0.2, 0.25) is 0 Å². The standard InChI is InChI=1S/2C18H37NO4S.Ca/c2*1-2-3-4-5-6-7-8-9-10-11-12-15-18(20)19-16-13-14-17-24(21,22)23;/h2*2-17H2,1H3,(H,19,20)(H,21,22,23);/q;;+2/p-2. The average molecular weight is 765 g/mol. The van der Waals surface area contributed by atoms with E-state index >= 15 is 0 Å². The van der Waals surface area contributed by atoms with Crippen molar-refractivity contribution in [2.75, 3.05) is 24.6 Å². The Morgan fingerprint density at radius 1 is 0.571 bits per heavy atom. The number of amides is 1. The van der Waals surface area contributed by atoms with Gasteiger partial charge in [0.1, 0.15) is 0 Å². The number of rotatable bonds is 34. The number of unbranched alkanes of at least 4 members (excludes halogenated alkanes) is 22. The van der Waals surface area contributed by atoms with Crippen LogP contribution in [0.5, 0.6) is 0 Å². The maximum atomic E-state index is 11.6. The predicted molar refractivity (Wildman–Crippen MR) is 203 cm³/mol. The molecule has 1 amide bonds. The van der Waals surface area contributed by atoms with E-state index in [4.69, 9.17) is 4.55 Å². The van der Waals surface area contributed by atoms with E-state index in [1.165, 1.54) is 116 Å². The molecule has 0 heterocycles. The molecule has 0 bridgehead atoms. The smallest absolute Gasteiger partial charge is 0.862 e. The molecule has 0 radical (unpaired) electrons. The molecule has 0 saturated carbocycles. The molecule has 0 rings (SSSR count). The van der Waals surface area contributed by atoms with Gasteiger partial charge in [0.2, 0.25) is 5.91 Å². The monoisotopic (exact) mass is 764 g/mol. The zero-order valence-electron chi connectivity index (χ0n) is 31.4. The van der Waals surface area contributed by atoms with E-state index in [2.05, 4.69) is 24.2 Å². The summed E-state index contributed by atoms with van der Waals surface area (Å²) in [5.41, 5.74) is 0. The summed E-state index contributed by atoms with van der Waals surface area (Å²) in [5.74, 6) is -0.662. The second-order valence-electron chi connectivity index (χ2n) is 13.2. The summed E-state index contributed by atoms with van der Waals surface area (Å²) in [6.07, 6.45) is 30.4. The van der Waals surface area contributed by atoms with E-state index in [0.717, 1.165) is 25.7 Å². The fraction of sp³-hybridized carbons (Fsp3) is 0.944. The Labute approximate surface area is 331 Å². The Hall–Kier alpha value is 0.0197. The van der Waals surface area contributed by atoms with Crippen LogP contribution in [0.25, 0.3) is 0 Å². The molecule has 0 aliphatic carbocycles. The van der Waals surface area contributed by atoms with Crippen LogP contribution >= 0.6 is 0 Å². The molecule has 13 heteroatoms. The van der Waals surface area contributed by atoms with Crippen molar-refractivity contribution in [1.82, 2.24) is 5.32 Å². The maximum Gasteiger partial charge on any atom is 2.00 e. The maximum absolute atomic E-state index is 11.6. The van der Waals surface area contributed by atoms with Gasteiger partial charge < -0.3 is 20.0 Å². The Balaban J connectivity index is -0.000000846. The van der Waals surface area contributed by atoms with Crippen LogP contribution in [0, 0.1) is 0 Å². The van der Waals surface area contributed by atoms with Gasteiger partial charge in [-0.1, -0.05) is 142 Å². The average Bonchev–Trinajstić information content (AvgIpc) is 3.01. The second kappa shape index (κ2) is 39.2. The van der Waals surface area contributed by atoms with Crippen LogP contribution < -0.4 is 10.4 Å². The first kappa shape index (κ1) is 53.4. The summed E-state index contributed by atoms with van der Waals surface area (Å²) in [5, 5.41) is 14.3. The minimum Gasteiger partial charge on any atom is -0.862 e. The zero-order valence-corrected chi connectivity index (χ0v) is 35.2. The van der Waals surface area contributed by atoms with E-state index in [1.54, 1.807) is 0 Å². The SMILES string of the molecule is CCCCCCCCCCCCCC(=O)NCCCCS(=O)(=O)O.CCCCCCCCCCCCCC([O-])=NCCCCS(=O)(=O)[O-].[Ca+2]. The fourth-order valence-electron chi connectivity index (χ4n) is 5.29. The first-order valence-electron chi connectivity index (χ1n) is 19.3. The zero-order chi connectivity index (χ0) is 36.2. The van der Waals surface area contributed by atoms with Gasteiger partial charge in [-0.15, -0.1) is 0 Å². The molecule has 0 aromatic rings. The number of carbonyl (C=O) groups excluding carboxylic acids is 1. The van der Waals surface area contributed by atoms with Crippen molar-refractivity contribution in [3.63, 3.8) is 0 Å². The topological polar surface area (TPSA) is 176 Å². The Bertz CT molecular complexity index is 964. The van der Waals surface area contributed by atoms with Crippen molar-refractivity contribution in [1.29, 1.82) is 0 Å². The minimum atomic E-state index is -4.13. The van der Waals surface area contributed by atoms with E-state index in [-0.39, 0.29) is 67.5 Å². The normalized spacial score (nSPS) is 11.9. The number of nitrogens with one attached hydrogen (secondary N) is 1. The quantitative estimate of drug-likeness (QED) is 0.0219. The molecule has 0 aliphatic heterocycles. The summed E-state index contributed by atoms with van der Waals surface area (Å²) in [6, 6.07) is 0. The van der Waals surface area contributed by atoms with Gasteiger partial charge in [0.15, 0.2) is 0 Å². The molecule has 0 fully saturated rings. The molecule has 288 valence electrons. The van der Waals surface area contributed by atoms with E-state index in [9.17, 15) is 31.3 Å². The molecular formula is C36H72CaN2O8S2. The fourth-order valence-corrected chi connectivity index (χ4v) is 6.42. The van der Waals surface area contributed by atoms with Crippen molar-refractivity contribution in [3.05, 3.63) is 0 Å². The van der Waals surface area contributed by atoms with Gasteiger partial charge >= 0.3 is 37.7 Å². The molecule has 0 atom stereocenters. The number of aliphatic imine (C=N–C) groups is 1. The van der Waals surface area contributed by atoms with Gasteiger partial charge in [-0.25, -0.2) is 8.42 Å². The van der Waals surface area contributed by atoms with Crippen LogP contribution in [-0.2, 0) is 25.0 Å². The van der Waals surface area contributed by atoms with Crippen LogP contribution in [0.15, 0.2) is 4.99 Å². The van der Waals surface area contributed by atoms with Crippen molar-refractivity contribution in [2.24, 2.45) is 4.99 Å². The summed E-state index contributed by atoms with van der Waals surface area (Å²) < 4.78 is 60.8. The third kappa shape index (κ3) is 52.5. The van der Waals surface area contributed by atoms with Gasteiger partial charge in [0.25, 0.3) is 10.1 Å². The van der Waals surface area contributed by atoms with Gasteiger partial charge in [0, 0.05) is 25.3 Å².